The van der Waals surface area contributed by atoms with Gasteiger partial charge in [-0.25, -0.2) is 4.79 Å². The van der Waals surface area contributed by atoms with Crippen LogP contribution >= 0.6 is 0 Å². The van der Waals surface area contributed by atoms with Crippen LogP contribution < -0.4 is 15.5 Å². The van der Waals surface area contributed by atoms with Gasteiger partial charge in [-0.15, -0.1) is 0 Å². The van der Waals surface area contributed by atoms with Crippen LogP contribution in [-0.4, -0.2) is 60.1 Å². The van der Waals surface area contributed by atoms with Crippen LogP contribution in [0.15, 0.2) is 24.3 Å². The fourth-order valence-electron chi connectivity index (χ4n) is 2.77. The molecule has 0 spiro atoms. The van der Waals surface area contributed by atoms with E-state index in [1.807, 2.05) is 24.0 Å². The highest BCUT2D eigenvalue weighted by Gasteiger charge is 2.20. The van der Waals surface area contributed by atoms with Gasteiger partial charge in [0.1, 0.15) is 6.04 Å². The van der Waals surface area contributed by atoms with E-state index >= 15 is 0 Å². The minimum atomic E-state index is -1.09. The number of aliphatic carboxylic acids is 1. The molecule has 1 aliphatic heterocycles. The topological polar surface area (TPSA) is 102 Å². The summed E-state index contributed by atoms with van der Waals surface area (Å²) in [6.45, 7) is 6.39. The van der Waals surface area contributed by atoms with Gasteiger partial charge in [0.2, 0.25) is 5.91 Å². The third kappa shape index (κ3) is 5.37. The lowest BCUT2D eigenvalue weighted by Gasteiger charge is -2.36. The van der Waals surface area contributed by atoms with E-state index in [0.717, 1.165) is 25.2 Å². The number of amides is 3. The van der Waals surface area contributed by atoms with E-state index in [-0.39, 0.29) is 5.91 Å². The van der Waals surface area contributed by atoms with E-state index in [1.165, 1.54) is 6.92 Å². The molecular formula is C18H26N4O4. The number of nitrogens with zero attached hydrogens (tertiary/aromatic N) is 2. The molecular weight excluding hydrogens is 336 g/mol. The lowest BCUT2D eigenvalue weighted by atomic mass is 10.2. The quantitative estimate of drug-likeness (QED) is 0.715. The van der Waals surface area contributed by atoms with Crippen molar-refractivity contribution in [2.45, 2.75) is 32.7 Å². The number of piperazine rings is 1. The molecule has 0 aromatic heterocycles. The Kier molecular flexibility index (Phi) is 6.82. The van der Waals surface area contributed by atoms with Crippen molar-refractivity contribution in [3.8, 4) is 0 Å². The van der Waals surface area contributed by atoms with E-state index in [9.17, 15) is 14.4 Å². The Balaban J connectivity index is 1.85. The highest BCUT2D eigenvalue weighted by atomic mass is 16.4. The van der Waals surface area contributed by atoms with Crippen LogP contribution in [0.4, 0.5) is 16.2 Å². The molecule has 1 saturated heterocycles. The number of rotatable bonds is 6. The number of anilines is 2. The third-order valence-corrected chi connectivity index (χ3v) is 4.30. The number of carbonyl (C=O) groups is 3. The lowest BCUT2D eigenvalue weighted by molar-refractivity contribution is -0.138. The molecule has 0 bridgehead atoms. The maximum Gasteiger partial charge on any atom is 0.325 e. The first-order valence-electron chi connectivity index (χ1n) is 8.83. The van der Waals surface area contributed by atoms with Crippen molar-refractivity contribution in [1.82, 2.24) is 10.2 Å². The molecule has 1 fully saturated rings. The Hall–Kier alpha value is -2.77. The number of hydrogen-bond donors (Lipinski definition) is 3. The Bertz CT molecular complexity index is 639. The second kappa shape index (κ2) is 9.07. The maximum atomic E-state index is 11.9. The van der Waals surface area contributed by atoms with Crippen molar-refractivity contribution >= 4 is 29.3 Å². The van der Waals surface area contributed by atoms with Crippen molar-refractivity contribution in [2.24, 2.45) is 0 Å². The Morgan fingerprint density at radius 1 is 1.12 bits per heavy atom. The average molecular weight is 362 g/mol. The first kappa shape index (κ1) is 19.6. The Labute approximate surface area is 153 Å². The van der Waals surface area contributed by atoms with E-state index in [0.29, 0.717) is 25.2 Å². The highest BCUT2D eigenvalue weighted by molar-refractivity contribution is 5.92. The highest BCUT2D eigenvalue weighted by Crippen LogP contribution is 2.20. The predicted octanol–water partition coefficient (Wildman–Crippen LogP) is 1.73. The van der Waals surface area contributed by atoms with Crippen molar-refractivity contribution in [3.63, 3.8) is 0 Å². The monoisotopic (exact) mass is 362 g/mol. The smallest absolute Gasteiger partial charge is 0.325 e. The standard InChI is InChI=1S/C18H26N4O4/c1-3-4-16(23)22-11-9-21(10-12-22)15-7-5-14(6-8-15)20-18(26)19-13(2)17(24)25/h5-8,13H,3-4,9-12H2,1-2H3,(H,24,25)(H2,19,20,26). The molecule has 0 aliphatic carbocycles. The summed E-state index contributed by atoms with van der Waals surface area (Å²) in [4.78, 5) is 38.5. The first-order valence-corrected chi connectivity index (χ1v) is 8.83. The van der Waals surface area contributed by atoms with Gasteiger partial charge in [-0.05, 0) is 37.6 Å². The van der Waals surface area contributed by atoms with E-state index < -0.39 is 18.0 Å². The SMILES string of the molecule is CCCC(=O)N1CCN(c2ccc(NC(=O)NC(C)C(=O)O)cc2)CC1. The van der Waals surface area contributed by atoms with Crippen LogP contribution in [-0.2, 0) is 9.59 Å². The van der Waals surface area contributed by atoms with Gasteiger partial charge in [0.05, 0.1) is 0 Å². The van der Waals surface area contributed by atoms with Crippen LogP contribution in [0.2, 0.25) is 0 Å². The molecule has 1 aromatic carbocycles. The molecule has 142 valence electrons. The number of benzene rings is 1. The molecule has 3 amide bonds. The van der Waals surface area contributed by atoms with Gasteiger partial charge in [-0.2, -0.15) is 0 Å². The first-order chi connectivity index (χ1) is 12.4. The van der Waals surface area contributed by atoms with Gasteiger partial charge in [0.25, 0.3) is 0 Å². The summed E-state index contributed by atoms with van der Waals surface area (Å²) in [6.07, 6.45) is 1.47. The molecule has 0 saturated carbocycles. The molecule has 1 unspecified atom stereocenters. The number of carboxylic acid groups (broad SMARTS) is 1. The van der Waals surface area contributed by atoms with Crippen LogP contribution in [0.1, 0.15) is 26.7 Å². The predicted molar refractivity (Wildman–Crippen MR) is 99.4 cm³/mol. The fourth-order valence-corrected chi connectivity index (χ4v) is 2.77. The average Bonchev–Trinajstić information content (AvgIpc) is 2.62. The number of carbonyl (C=O) groups excluding carboxylic acids is 2. The summed E-state index contributed by atoms with van der Waals surface area (Å²) >= 11 is 0. The second-order valence-electron chi connectivity index (χ2n) is 6.32. The van der Waals surface area contributed by atoms with Gasteiger partial charge >= 0.3 is 12.0 Å². The zero-order chi connectivity index (χ0) is 19.1. The molecule has 1 aromatic rings. The van der Waals surface area contributed by atoms with Crippen LogP contribution in [0.25, 0.3) is 0 Å². The Morgan fingerprint density at radius 3 is 2.27 bits per heavy atom. The maximum absolute atomic E-state index is 11.9. The Morgan fingerprint density at radius 2 is 1.73 bits per heavy atom. The van der Waals surface area contributed by atoms with Crippen LogP contribution in [0, 0.1) is 0 Å². The zero-order valence-corrected chi connectivity index (χ0v) is 15.2. The van der Waals surface area contributed by atoms with Crippen molar-refractivity contribution in [3.05, 3.63) is 24.3 Å². The normalized spacial score (nSPS) is 15.3. The van der Waals surface area contributed by atoms with Crippen molar-refractivity contribution in [2.75, 3.05) is 36.4 Å². The summed E-state index contributed by atoms with van der Waals surface area (Å²) in [5.41, 5.74) is 1.61. The fraction of sp³-hybridized carbons (Fsp3) is 0.500. The molecule has 0 radical (unpaired) electrons. The molecule has 3 N–H and O–H groups in total. The van der Waals surface area contributed by atoms with E-state index in [2.05, 4.69) is 15.5 Å². The largest absolute Gasteiger partial charge is 0.480 e. The zero-order valence-electron chi connectivity index (χ0n) is 15.2. The van der Waals surface area contributed by atoms with Gasteiger partial charge in [-0.1, -0.05) is 6.92 Å². The van der Waals surface area contributed by atoms with Gasteiger partial charge in [0.15, 0.2) is 0 Å². The minimum Gasteiger partial charge on any atom is -0.480 e. The van der Waals surface area contributed by atoms with Crippen LogP contribution in [0.5, 0.6) is 0 Å². The van der Waals surface area contributed by atoms with Gasteiger partial charge < -0.3 is 25.5 Å². The molecule has 1 atom stereocenters. The molecule has 26 heavy (non-hydrogen) atoms. The second-order valence-corrected chi connectivity index (χ2v) is 6.32. The summed E-state index contributed by atoms with van der Waals surface area (Å²) in [6, 6.07) is 5.83. The van der Waals surface area contributed by atoms with Crippen LogP contribution in [0.3, 0.4) is 0 Å². The molecule has 2 rings (SSSR count). The van der Waals surface area contributed by atoms with E-state index in [4.69, 9.17) is 5.11 Å². The molecule has 1 aliphatic rings. The molecule has 8 nitrogen and oxygen atoms in total. The summed E-state index contributed by atoms with van der Waals surface area (Å²) < 4.78 is 0. The molecule has 1 heterocycles. The number of carboxylic acids is 1. The van der Waals surface area contributed by atoms with Crippen molar-refractivity contribution < 1.29 is 19.5 Å². The van der Waals surface area contributed by atoms with Gasteiger partial charge in [-0.3, -0.25) is 9.59 Å². The number of urea groups is 1. The van der Waals surface area contributed by atoms with Crippen molar-refractivity contribution in [1.29, 1.82) is 0 Å². The minimum absolute atomic E-state index is 0.216. The third-order valence-electron chi connectivity index (χ3n) is 4.30. The lowest BCUT2D eigenvalue weighted by Crippen LogP contribution is -2.48. The summed E-state index contributed by atoms with van der Waals surface area (Å²) in [5, 5.41) is 13.7. The summed E-state index contributed by atoms with van der Waals surface area (Å²) in [7, 11) is 0. The molecule has 8 heteroatoms. The van der Waals surface area contributed by atoms with Gasteiger partial charge in [0, 0.05) is 44.0 Å². The number of hydrogen-bond acceptors (Lipinski definition) is 4. The summed E-state index contributed by atoms with van der Waals surface area (Å²) in [5.74, 6) is -0.875. The van der Waals surface area contributed by atoms with E-state index in [1.54, 1.807) is 12.1 Å². The number of nitrogens with one attached hydrogen (secondary N) is 2.